The molecule has 0 aliphatic rings. The van der Waals surface area contributed by atoms with Crippen LogP contribution in [0.2, 0.25) is 0 Å². The summed E-state index contributed by atoms with van der Waals surface area (Å²) in [6.45, 7) is 1.61. The Balaban J connectivity index is 1.70. The van der Waals surface area contributed by atoms with Crippen LogP contribution in [0.25, 0.3) is 33.4 Å². The first kappa shape index (κ1) is 33.2. The van der Waals surface area contributed by atoms with Gasteiger partial charge in [0.15, 0.2) is 6.04 Å². The Bertz CT molecular complexity index is 2060. The van der Waals surface area contributed by atoms with Crippen LogP contribution < -0.4 is 14.9 Å². The molecule has 2 amide bonds. The number of sulfonamides is 1. The van der Waals surface area contributed by atoms with Crippen molar-refractivity contribution in [3.63, 3.8) is 0 Å². The van der Waals surface area contributed by atoms with Crippen LogP contribution in [0, 0.1) is 5.82 Å². The number of halogens is 4. The molecule has 1 heterocycles. The lowest BCUT2D eigenvalue weighted by Crippen LogP contribution is -2.38. The number of carbonyl (C=O) groups excluding carboxylic acids is 2. The molecule has 1 aromatic heterocycles. The van der Waals surface area contributed by atoms with Crippen molar-refractivity contribution < 1.29 is 40.0 Å². The van der Waals surface area contributed by atoms with E-state index in [1.54, 1.807) is 19.1 Å². The van der Waals surface area contributed by atoms with Gasteiger partial charge in [0.1, 0.15) is 17.2 Å². The summed E-state index contributed by atoms with van der Waals surface area (Å²) in [5.74, 6) is -1.94. The predicted molar refractivity (Wildman–Crippen MR) is 171 cm³/mol. The second-order valence-electron chi connectivity index (χ2n) is 10.6. The molecular formula is C34H29F4N3O5S. The Kier molecular flexibility index (Phi) is 9.12. The number of anilines is 1. The molecule has 0 spiro atoms. The number of benzene rings is 4. The van der Waals surface area contributed by atoms with Crippen molar-refractivity contribution in [3.8, 4) is 22.5 Å². The Morgan fingerprint density at radius 3 is 2.17 bits per heavy atom. The SMILES string of the molecule is CCN(c1cc2oc(-c3ccc(F)cc3)c(C(=O)NC)c2cc1-c1cccc(C(=O)NC(c2ccccc2)C(F)(F)F)c1)S(C)(=O)=O. The van der Waals surface area contributed by atoms with Gasteiger partial charge in [0.2, 0.25) is 10.0 Å². The van der Waals surface area contributed by atoms with E-state index in [2.05, 4.69) is 10.6 Å². The van der Waals surface area contributed by atoms with E-state index in [0.717, 1.165) is 10.6 Å². The molecule has 1 atom stereocenters. The largest absolute Gasteiger partial charge is 0.455 e. The topological polar surface area (TPSA) is 109 Å². The molecule has 0 saturated heterocycles. The maximum Gasteiger partial charge on any atom is 0.412 e. The zero-order valence-corrected chi connectivity index (χ0v) is 26.2. The number of rotatable bonds is 9. The Labute approximate surface area is 268 Å². The fraction of sp³-hybridized carbons (Fsp3) is 0.176. The van der Waals surface area contributed by atoms with Crippen LogP contribution in [0.15, 0.2) is 95.4 Å². The van der Waals surface area contributed by atoms with Crippen LogP contribution in [-0.2, 0) is 10.0 Å². The summed E-state index contributed by atoms with van der Waals surface area (Å²) >= 11 is 0. The van der Waals surface area contributed by atoms with Crippen LogP contribution in [0.3, 0.4) is 0 Å². The molecule has 0 aliphatic heterocycles. The number of nitrogens with zero attached hydrogens (tertiary/aromatic N) is 1. The second kappa shape index (κ2) is 12.9. The summed E-state index contributed by atoms with van der Waals surface area (Å²) in [5, 5.41) is 4.90. The molecule has 47 heavy (non-hydrogen) atoms. The van der Waals surface area contributed by atoms with E-state index in [4.69, 9.17) is 4.42 Å². The van der Waals surface area contributed by atoms with E-state index in [1.165, 1.54) is 85.9 Å². The standard InChI is InChI=1S/C34H29F4N3O5S/c1-4-41(47(3,44)45)27-19-28-26(29(33(43)39-2)30(46-28)20-13-15-24(35)16-14-20)18-25(27)22-11-8-12-23(17-22)32(42)40-31(34(36,37)38)21-9-6-5-7-10-21/h5-19,31H,4H2,1-3H3,(H,39,43)(H,40,42). The summed E-state index contributed by atoms with van der Waals surface area (Å²) in [5.41, 5.74) is 1.03. The summed E-state index contributed by atoms with van der Waals surface area (Å²) in [6.07, 6.45) is -3.78. The number of nitrogens with one attached hydrogen (secondary N) is 2. The smallest absolute Gasteiger partial charge is 0.412 e. The molecule has 0 aliphatic carbocycles. The first-order valence-corrected chi connectivity index (χ1v) is 16.2. The van der Waals surface area contributed by atoms with Crippen molar-refractivity contribution in [3.05, 3.63) is 114 Å². The van der Waals surface area contributed by atoms with Crippen LogP contribution in [0.1, 0.15) is 39.2 Å². The Hall–Kier alpha value is -5.17. The van der Waals surface area contributed by atoms with Crippen LogP contribution >= 0.6 is 0 Å². The van der Waals surface area contributed by atoms with Crippen molar-refractivity contribution in [2.75, 3.05) is 24.2 Å². The first-order valence-electron chi connectivity index (χ1n) is 14.3. The molecule has 2 N–H and O–H groups in total. The molecule has 244 valence electrons. The van der Waals surface area contributed by atoms with Crippen LogP contribution in [0.4, 0.5) is 23.2 Å². The highest BCUT2D eigenvalue weighted by Crippen LogP contribution is 2.42. The van der Waals surface area contributed by atoms with E-state index >= 15 is 0 Å². The molecular weight excluding hydrogens is 638 g/mol. The number of fused-ring (bicyclic) bond motifs is 1. The average Bonchev–Trinajstić information content (AvgIpc) is 3.41. The van der Waals surface area contributed by atoms with Gasteiger partial charge in [0, 0.05) is 41.7 Å². The minimum atomic E-state index is -4.79. The zero-order chi connectivity index (χ0) is 34.1. The van der Waals surface area contributed by atoms with Crippen LogP contribution in [0.5, 0.6) is 0 Å². The summed E-state index contributed by atoms with van der Waals surface area (Å²) < 4.78 is 88.7. The monoisotopic (exact) mass is 667 g/mol. The third kappa shape index (κ3) is 6.85. The van der Waals surface area contributed by atoms with Gasteiger partial charge in [-0.1, -0.05) is 42.5 Å². The van der Waals surface area contributed by atoms with E-state index in [-0.39, 0.29) is 56.8 Å². The predicted octanol–water partition coefficient (Wildman–Crippen LogP) is 7.08. The second-order valence-corrected chi connectivity index (χ2v) is 12.5. The number of furan rings is 1. The Morgan fingerprint density at radius 1 is 0.894 bits per heavy atom. The fourth-order valence-electron chi connectivity index (χ4n) is 5.35. The van der Waals surface area contributed by atoms with Crippen molar-refractivity contribution in [2.45, 2.75) is 19.1 Å². The quantitative estimate of drug-likeness (QED) is 0.163. The highest BCUT2D eigenvalue weighted by atomic mass is 32.2. The first-order chi connectivity index (χ1) is 22.2. The number of hydrogen-bond donors (Lipinski definition) is 2. The Morgan fingerprint density at radius 2 is 1.57 bits per heavy atom. The molecule has 5 rings (SSSR count). The summed E-state index contributed by atoms with van der Waals surface area (Å²) in [6, 6.07) is 18.6. The molecule has 0 bridgehead atoms. The summed E-state index contributed by atoms with van der Waals surface area (Å²) in [4.78, 5) is 26.4. The van der Waals surface area contributed by atoms with Gasteiger partial charge in [0.25, 0.3) is 11.8 Å². The van der Waals surface area contributed by atoms with Crippen molar-refractivity contribution in [1.82, 2.24) is 10.6 Å². The fourth-order valence-corrected chi connectivity index (χ4v) is 6.33. The van der Waals surface area contributed by atoms with Gasteiger partial charge < -0.3 is 15.1 Å². The van der Waals surface area contributed by atoms with E-state index in [0.29, 0.717) is 5.56 Å². The highest BCUT2D eigenvalue weighted by molar-refractivity contribution is 7.92. The molecule has 5 aromatic rings. The summed E-state index contributed by atoms with van der Waals surface area (Å²) in [7, 11) is -2.46. The van der Waals surface area contributed by atoms with Gasteiger partial charge >= 0.3 is 6.18 Å². The molecule has 0 radical (unpaired) electrons. The minimum Gasteiger partial charge on any atom is -0.455 e. The van der Waals surface area contributed by atoms with Gasteiger partial charge in [-0.2, -0.15) is 13.2 Å². The lowest BCUT2D eigenvalue weighted by atomic mass is 9.97. The van der Waals surface area contributed by atoms with Gasteiger partial charge in [-0.15, -0.1) is 0 Å². The normalized spacial score (nSPS) is 12.5. The van der Waals surface area contributed by atoms with Crippen molar-refractivity contribution >= 4 is 38.5 Å². The maximum absolute atomic E-state index is 14.0. The number of hydrogen-bond acceptors (Lipinski definition) is 5. The molecule has 0 fully saturated rings. The lowest BCUT2D eigenvalue weighted by Gasteiger charge is -2.24. The van der Waals surface area contributed by atoms with Gasteiger partial charge in [-0.05, 0) is 60.5 Å². The van der Waals surface area contributed by atoms with Gasteiger partial charge in [-0.25, -0.2) is 12.8 Å². The zero-order valence-electron chi connectivity index (χ0n) is 25.4. The molecule has 4 aromatic carbocycles. The van der Waals surface area contributed by atoms with E-state index in [1.807, 2.05) is 0 Å². The number of alkyl halides is 3. The number of carbonyl (C=O) groups is 2. The highest BCUT2D eigenvalue weighted by Gasteiger charge is 2.42. The third-order valence-corrected chi connectivity index (χ3v) is 8.75. The molecule has 13 heteroatoms. The number of amides is 2. The van der Waals surface area contributed by atoms with Gasteiger partial charge in [0.05, 0.1) is 17.5 Å². The maximum atomic E-state index is 14.0. The average molecular weight is 668 g/mol. The van der Waals surface area contributed by atoms with Crippen molar-refractivity contribution in [1.29, 1.82) is 0 Å². The van der Waals surface area contributed by atoms with Gasteiger partial charge in [-0.3, -0.25) is 13.9 Å². The lowest BCUT2D eigenvalue weighted by molar-refractivity contribution is -0.155. The molecule has 1 unspecified atom stereocenters. The molecule has 0 saturated carbocycles. The van der Waals surface area contributed by atoms with E-state index < -0.39 is 39.9 Å². The molecule has 8 nitrogen and oxygen atoms in total. The van der Waals surface area contributed by atoms with Crippen molar-refractivity contribution in [2.24, 2.45) is 0 Å². The van der Waals surface area contributed by atoms with E-state index in [9.17, 15) is 35.6 Å². The minimum absolute atomic E-state index is 0.00428. The van der Waals surface area contributed by atoms with Crippen LogP contribution in [-0.4, -0.2) is 46.3 Å². The third-order valence-electron chi connectivity index (χ3n) is 7.49.